The van der Waals surface area contributed by atoms with Gasteiger partial charge < -0.3 is 38.5 Å². The summed E-state index contributed by atoms with van der Waals surface area (Å²) in [6.45, 7) is 6.89. The number of ether oxygens (including phenoxy) is 4. The molecule has 2 saturated carbocycles. The highest BCUT2D eigenvalue weighted by Crippen LogP contribution is 2.37. The minimum Gasteiger partial charge on any atom is -0.382 e. The van der Waals surface area contributed by atoms with Crippen molar-refractivity contribution in [3.05, 3.63) is 58.7 Å². The molecule has 12 nitrogen and oxygen atoms in total. The lowest BCUT2D eigenvalue weighted by atomic mass is 9.90. The summed E-state index contributed by atoms with van der Waals surface area (Å²) < 4.78 is 21.9. The van der Waals surface area contributed by atoms with Gasteiger partial charge in [-0.05, 0) is 112 Å². The van der Waals surface area contributed by atoms with Gasteiger partial charge in [-0.2, -0.15) is 10.5 Å². The molecule has 2 aliphatic carbocycles. The second-order valence-electron chi connectivity index (χ2n) is 16.9. The number of piperidine rings is 2. The Morgan fingerprint density at radius 3 is 1.26 bits per heavy atom. The van der Waals surface area contributed by atoms with E-state index in [4.69, 9.17) is 18.9 Å². The first-order valence-corrected chi connectivity index (χ1v) is 21.8. The summed E-state index contributed by atoms with van der Waals surface area (Å²) in [5.41, 5.74) is 5.30. The fourth-order valence-corrected chi connectivity index (χ4v) is 10.3. The summed E-state index contributed by atoms with van der Waals surface area (Å²) in [6, 6.07) is 17.5. The van der Waals surface area contributed by atoms with Gasteiger partial charge >= 0.3 is 0 Å². The smallest absolute Gasteiger partial charge is 0.231 e. The second-order valence-corrected chi connectivity index (χ2v) is 16.9. The minimum absolute atomic E-state index is 0.183. The molecule has 0 radical (unpaired) electrons. The lowest BCUT2D eigenvalue weighted by molar-refractivity contribution is -0.118. The van der Waals surface area contributed by atoms with E-state index < -0.39 is 0 Å². The van der Waals surface area contributed by atoms with Gasteiger partial charge in [0.05, 0.1) is 74.7 Å². The predicted molar refractivity (Wildman–Crippen MR) is 222 cm³/mol. The third-order valence-corrected chi connectivity index (χ3v) is 13.5. The molecule has 2 aromatic rings. The molecule has 58 heavy (non-hydrogen) atoms. The average Bonchev–Trinajstić information content (AvgIpc) is 3.78. The van der Waals surface area contributed by atoms with Crippen LogP contribution < -0.4 is 9.80 Å². The molecule has 0 spiro atoms. The van der Waals surface area contributed by atoms with Crippen LogP contribution in [0.15, 0.2) is 36.4 Å². The van der Waals surface area contributed by atoms with Gasteiger partial charge in [-0.1, -0.05) is 12.1 Å². The van der Waals surface area contributed by atoms with Gasteiger partial charge in [-0.25, -0.2) is 0 Å². The van der Waals surface area contributed by atoms with Crippen molar-refractivity contribution in [2.75, 3.05) is 76.6 Å². The molecule has 0 atom stereocenters. The number of anilines is 2. The van der Waals surface area contributed by atoms with Gasteiger partial charge in [-0.15, -0.1) is 0 Å². The number of benzene rings is 2. The molecule has 2 amide bonds. The molecule has 0 N–H and O–H groups in total. The minimum atomic E-state index is 0.183. The first-order chi connectivity index (χ1) is 28.4. The summed E-state index contributed by atoms with van der Waals surface area (Å²) >= 11 is 0. The number of hydrogen-bond donors (Lipinski definition) is 0. The molecule has 8 rings (SSSR count). The van der Waals surface area contributed by atoms with E-state index in [-0.39, 0.29) is 23.9 Å². The topological polar surface area (TPSA) is 132 Å². The van der Waals surface area contributed by atoms with Crippen molar-refractivity contribution in [1.82, 2.24) is 9.80 Å². The van der Waals surface area contributed by atoms with E-state index in [0.29, 0.717) is 74.7 Å². The van der Waals surface area contributed by atoms with Crippen molar-refractivity contribution in [2.45, 2.75) is 126 Å². The molecule has 4 fully saturated rings. The normalized spacial score (nSPS) is 25.8. The van der Waals surface area contributed by atoms with E-state index in [0.717, 1.165) is 100 Å². The standard InChI is InChI=1S/2C23H31N3O3/c2*1-28-12-13-29-21-6-4-19(5-7-21)25-10-8-20(9-11-25)26-22-14-17(16-24)2-3-18(22)15-23(26)27/h2*2-3,14,19-21H,4-13,15H2,1H3. The van der Waals surface area contributed by atoms with Gasteiger partial charge in [-0.3, -0.25) is 9.59 Å². The van der Waals surface area contributed by atoms with Crippen LogP contribution in [0.25, 0.3) is 0 Å². The van der Waals surface area contributed by atoms with Crippen LogP contribution in [0.5, 0.6) is 0 Å². The molecule has 0 aromatic heterocycles. The highest BCUT2D eigenvalue weighted by Gasteiger charge is 2.38. The summed E-state index contributed by atoms with van der Waals surface area (Å²) in [5.74, 6) is 0.365. The molecule has 0 bridgehead atoms. The van der Waals surface area contributed by atoms with Crippen molar-refractivity contribution in [1.29, 1.82) is 10.5 Å². The largest absolute Gasteiger partial charge is 0.382 e. The fourth-order valence-electron chi connectivity index (χ4n) is 10.3. The number of carbonyl (C=O) groups excluding carboxylic acids is 2. The maximum absolute atomic E-state index is 12.7. The lowest BCUT2D eigenvalue weighted by Crippen LogP contribution is -2.50. The van der Waals surface area contributed by atoms with Crippen LogP contribution in [-0.2, 0) is 41.4 Å². The molecule has 2 saturated heterocycles. The second kappa shape index (κ2) is 20.4. The Hall–Kier alpha value is -3.88. The Morgan fingerprint density at radius 2 is 0.914 bits per heavy atom. The molecular weight excluding hydrogens is 733 g/mol. The van der Waals surface area contributed by atoms with Gasteiger partial charge in [0.15, 0.2) is 0 Å². The number of rotatable bonds is 12. The van der Waals surface area contributed by atoms with Crippen LogP contribution in [0.2, 0.25) is 0 Å². The first kappa shape index (κ1) is 42.3. The van der Waals surface area contributed by atoms with E-state index in [1.54, 1.807) is 14.2 Å². The Labute approximate surface area is 344 Å². The highest BCUT2D eigenvalue weighted by molar-refractivity contribution is 6.03. The fraction of sp³-hybridized carbons (Fsp3) is 0.652. The molecular formula is C46H62N6O6. The third kappa shape index (κ3) is 10.1. The van der Waals surface area contributed by atoms with E-state index in [2.05, 4.69) is 21.9 Å². The number of likely N-dealkylation sites (tertiary alicyclic amines) is 2. The summed E-state index contributed by atoms with van der Waals surface area (Å²) in [4.78, 5) is 34.5. The first-order valence-electron chi connectivity index (χ1n) is 21.8. The number of nitriles is 2. The van der Waals surface area contributed by atoms with Crippen molar-refractivity contribution in [3.63, 3.8) is 0 Å². The van der Waals surface area contributed by atoms with Gasteiger partial charge in [0, 0.05) is 75.9 Å². The van der Waals surface area contributed by atoms with Crippen LogP contribution in [0.4, 0.5) is 11.4 Å². The van der Waals surface area contributed by atoms with Crippen LogP contribution in [-0.4, -0.2) is 125 Å². The number of fused-ring (bicyclic) bond motifs is 2. The van der Waals surface area contributed by atoms with E-state index >= 15 is 0 Å². The number of hydrogen-bond acceptors (Lipinski definition) is 10. The average molecular weight is 795 g/mol. The Bertz CT molecular complexity index is 1650. The van der Waals surface area contributed by atoms with Gasteiger partial charge in [0.2, 0.25) is 11.8 Å². The quantitative estimate of drug-likeness (QED) is 0.244. The van der Waals surface area contributed by atoms with E-state index in [1.807, 2.05) is 46.2 Å². The third-order valence-electron chi connectivity index (χ3n) is 13.5. The zero-order valence-electron chi connectivity index (χ0n) is 34.6. The lowest BCUT2D eigenvalue weighted by Gasteiger charge is -2.42. The maximum atomic E-state index is 12.7. The van der Waals surface area contributed by atoms with Gasteiger partial charge in [0.25, 0.3) is 0 Å². The zero-order chi connectivity index (χ0) is 40.4. The monoisotopic (exact) mass is 794 g/mol. The molecule has 0 unspecified atom stereocenters. The number of carbonyl (C=O) groups is 2. The molecule has 2 aromatic carbocycles. The van der Waals surface area contributed by atoms with Crippen molar-refractivity contribution < 1.29 is 28.5 Å². The number of methoxy groups -OCH3 is 2. The highest BCUT2D eigenvalue weighted by atomic mass is 16.5. The molecule has 4 aliphatic heterocycles. The molecule has 6 aliphatic rings. The van der Waals surface area contributed by atoms with E-state index in [9.17, 15) is 20.1 Å². The number of nitrogens with zero attached hydrogens (tertiary/aromatic N) is 6. The summed E-state index contributed by atoms with van der Waals surface area (Å²) in [5, 5.41) is 18.4. The van der Waals surface area contributed by atoms with Crippen LogP contribution >= 0.6 is 0 Å². The van der Waals surface area contributed by atoms with Crippen LogP contribution in [0.1, 0.15) is 99.3 Å². The summed E-state index contributed by atoms with van der Waals surface area (Å²) in [7, 11) is 3.42. The Balaban J connectivity index is 0.000000177. The number of amides is 2. The molecule has 12 heteroatoms. The predicted octanol–water partition coefficient (Wildman–Crippen LogP) is 5.77. The Morgan fingerprint density at radius 1 is 0.534 bits per heavy atom. The van der Waals surface area contributed by atoms with Gasteiger partial charge in [0.1, 0.15) is 0 Å². The molecule has 312 valence electrons. The maximum Gasteiger partial charge on any atom is 0.231 e. The molecule has 4 heterocycles. The van der Waals surface area contributed by atoms with Crippen molar-refractivity contribution in [2.24, 2.45) is 0 Å². The zero-order valence-corrected chi connectivity index (χ0v) is 34.6. The van der Waals surface area contributed by atoms with Crippen LogP contribution in [0.3, 0.4) is 0 Å². The van der Waals surface area contributed by atoms with E-state index in [1.165, 1.54) is 25.7 Å². The summed E-state index contributed by atoms with van der Waals surface area (Å²) in [6.07, 6.45) is 15.0. The van der Waals surface area contributed by atoms with Crippen molar-refractivity contribution >= 4 is 23.2 Å². The van der Waals surface area contributed by atoms with Crippen molar-refractivity contribution in [3.8, 4) is 12.1 Å². The van der Waals surface area contributed by atoms with Crippen LogP contribution in [0, 0.1) is 22.7 Å². The Kier molecular flexibility index (Phi) is 14.9. The SMILES string of the molecule is COCCOC1CCC(N2CCC(N3C(=O)Cc4ccc(C#N)cc43)CC2)CC1.COCCOC1CCC(N2CCC(N3C(=O)Cc4ccc(C#N)cc43)CC2)CC1.